The molecule has 0 radical (unpaired) electrons. The van der Waals surface area contributed by atoms with Crippen LogP contribution < -0.4 is 0 Å². The highest BCUT2D eigenvalue weighted by atomic mass is 15.1. The molecule has 0 aliphatic carbocycles. The van der Waals surface area contributed by atoms with Crippen molar-refractivity contribution in [3.8, 4) is 22.5 Å². The number of aromatic amines is 2. The van der Waals surface area contributed by atoms with E-state index >= 15 is 0 Å². The van der Waals surface area contributed by atoms with E-state index in [1.807, 2.05) is 30.5 Å². The molecule has 0 fully saturated rings. The highest BCUT2D eigenvalue weighted by Crippen LogP contribution is 2.29. The fraction of sp³-hybridized carbons (Fsp3) is 0. The van der Waals surface area contributed by atoms with Crippen molar-refractivity contribution in [3.63, 3.8) is 0 Å². The number of fused-ring (bicyclic) bond motifs is 1. The van der Waals surface area contributed by atoms with Crippen molar-refractivity contribution in [2.75, 3.05) is 0 Å². The summed E-state index contributed by atoms with van der Waals surface area (Å²) in [6, 6.07) is 14.3. The minimum absolute atomic E-state index is 0.945. The van der Waals surface area contributed by atoms with Crippen LogP contribution in [0.4, 0.5) is 0 Å². The van der Waals surface area contributed by atoms with Gasteiger partial charge in [-0.3, -0.25) is 10.1 Å². The summed E-state index contributed by atoms with van der Waals surface area (Å²) < 4.78 is 0. The van der Waals surface area contributed by atoms with E-state index in [1.54, 1.807) is 12.4 Å². The van der Waals surface area contributed by atoms with E-state index in [4.69, 9.17) is 0 Å². The van der Waals surface area contributed by atoms with E-state index in [9.17, 15) is 0 Å². The number of rotatable bonds is 2. The predicted octanol–water partition coefficient (Wildman–Crippen LogP) is 3.62. The summed E-state index contributed by atoms with van der Waals surface area (Å²) in [7, 11) is 0. The Morgan fingerprint density at radius 2 is 1.80 bits per heavy atom. The second-order valence-electron chi connectivity index (χ2n) is 4.65. The molecule has 4 heteroatoms. The molecule has 2 N–H and O–H groups in total. The lowest BCUT2D eigenvalue weighted by molar-refractivity contribution is 1.12. The Morgan fingerprint density at radius 3 is 2.60 bits per heavy atom. The first-order valence-corrected chi connectivity index (χ1v) is 6.44. The van der Waals surface area contributed by atoms with Gasteiger partial charge in [-0.15, -0.1) is 0 Å². The van der Waals surface area contributed by atoms with Gasteiger partial charge < -0.3 is 4.98 Å². The van der Waals surface area contributed by atoms with Gasteiger partial charge in [0.25, 0.3) is 0 Å². The molecule has 4 aromatic rings. The van der Waals surface area contributed by atoms with Crippen LogP contribution in [0.3, 0.4) is 0 Å². The Labute approximate surface area is 115 Å². The van der Waals surface area contributed by atoms with E-state index in [-0.39, 0.29) is 0 Å². The molecule has 0 bridgehead atoms. The van der Waals surface area contributed by atoms with Crippen molar-refractivity contribution in [1.29, 1.82) is 0 Å². The number of pyridine rings is 1. The Bertz CT molecular complexity index is 845. The Morgan fingerprint density at radius 1 is 0.900 bits per heavy atom. The second-order valence-corrected chi connectivity index (χ2v) is 4.65. The standard InChI is InChI=1S/C16H12N4/c1-2-15(18-7-1)16-13-10-12(3-4-14(13)19-20-16)11-5-8-17-9-6-11/h1-10,18H,(H,19,20). The second kappa shape index (κ2) is 4.35. The first-order chi connectivity index (χ1) is 9.92. The van der Waals surface area contributed by atoms with Crippen LogP contribution in [0.25, 0.3) is 33.4 Å². The third-order valence-electron chi connectivity index (χ3n) is 3.43. The molecule has 0 spiro atoms. The van der Waals surface area contributed by atoms with Crippen LogP contribution in [-0.4, -0.2) is 20.2 Å². The van der Waals surface area contributed by atoms with Crippen molar-refractivity contribution in [2.45, 2.75) is 0 Å². The number of aromatic nitrogens is 4. The zero-order valence-corrected chi connectivity index (χ0v) is 10.7. The number of hydrogen-bond acceptors (Lipinski definition) is 2. The minimum Gasteiger partial charge on any atom is -0.360 e. The van der Waals surface area contributed by atoms with Crippen LogP contribution in [0.1, 0.15) is 0 Å². The normalized spacial score (nSPS) is 11.0. The summed E-state index contributed by atoms with van der Waals surface area (Å²) >= 11 is 0. The molecule has 4 rings (SSSR count). The van der Waals surface area contributed by atoms with Gasteiger partial charge in [-0.05, 0) is 47.5 Å². The fourth-order valence-corrected chi connectivity index (χ4v) is 2.42. The number of H-pyrrole nitrogens is 2. The monoisotopic (exact) mass is 260 g/mol. The predicted molar refractivity (Wildman–Crippen MR) is 79.1 cm³/mol. The SMILES string of the molecule is c1c[nH]c(-c2n[nH]c3ccc(-c4ccncc4)cc23)c1. The fourth-order valence-electron chi connectivity index (χ4n) is 2.42. The number of nitrogens with zero attached hydrogens (tertiary/aromatic N) is 2. The average Bonchev–Trinajstić information content (AvgIpc) is 3.16. The molecule has 0 saturated heterocycles. The van der Waals surface area contributed by atoms with Crippen molar-refractivity contribution in [1.82, 2.24) is 20.2 Å². The third-order valence-corrected chi connectivity index (χ3v) is 3.43. The molecule has 4 nitrogen and oxygen atoms in total. The van der Waals surface area contributed by atoms with Gasteiger partial charge in [-0.2, -0.15) is 5.10 Å². The molecule has 0 saturated carbocycles. The van der Waals surface area contributed by atoms with Gasteiger partial charge >= 0.3 is 0 Å². The van der Waals surface area contributed by atoms with Crippen LogP contribution in [-0.2, 0) is 0 Å². The molecule has 0 unspecified atom stereocenters. The zero-order chi connectivity index (χ0) is 13.4. The Kier molecular flexibility index (Phi) is 2.39. The van der Waals surface area contributed by atoms with Crippen LogP contribution >= 0.6 is 0 Å². The molecule has 0 aliphatic rings. The van der Waals surface area contributed by atoms with Gasteiger partial charge in [0.05, 0.1) is 11.2 Å². The summed E-state index contributed by atoms with van der Waals surface area (Å²) in [6.45, 7) is 0. The molecular formula is C16H12N4. The van der Waals surface area contributed by atoms with Crippen molar-refractivity contribution in [2.24, 2.45) is 0 Å². The molecule has 0 amide bonds. The maximum absolute atomic E-state index is 4.40. The highest BCUT2D eigenvalue weighted by molar-refractivity contribution is 5.94. The number of nitrogens with one attached hydrogen (secondary N) is 2. The molecule has 0 aliphatic heterocycles. The summed E-state index contributed by atoms with van der Waals surface area (Å²) in [6.07, 6.45) is 5.52. The van der Waals surface area contributed by atoms with Gasteiger partial charge in [-0.25, -0.2) is 0 Å². The Hall–Kier alpha value is -2.88. The average molecular weight is 260 g/mol. The molecule has 3 aromatic heterocycles. The summed E-state index contributed by atoms with van der Waals surface area (Å²) in [5.41, 5.74) is 5.31. The summed E-state index contributed by atoms with van der Waals surface area (Å²) in [4.78, 5) is 7.26. The molecule has 3 heterocycles. The molecular weight excluding hydrogens is 248 g/mol. The van der Waals surface area contributed by atoms with E-state index in [0.717, 1.165) is 33.4 Å². The maximum Gasteiger partial charge on any atom is 0.116 e. The van der Waals surface area contributed by atoms with Crippen LogP contribution in [0, 0.1) is 0 Å². The first-order valence-electron chi connectivity index (χ1n) is 6.44. The quantitative estimate of drug-likeness (QED) is 0.578. The lowest BCUT2D eigenvalue weighted by Crippen LogP contribution is -1.80. The lowest BCUT2D eigenvalue weighted by Gasteiger charge is -2.01. The largest absolute Gasteiger partial charge is 0.360 e. The molecule has 20 heavy (non-hydrogen) atoms. The lowest BCUT2D eigenvalue weighted by atomic mass is 10.0. The van der Waals surface area contributed by atoms with Crippen LogP contribution in [0.2, 0.25) is 0 Å². The van der Waals surface area contributed by atoms with Crippen molar-refractivity contribution in [3.05, 3.63) is 61.1 Å². The number of hydrogen-bond donors (Lipinski definition) is 2. The highest BCUT2D eigenvalue weighted by Gasteiger charge is 2.09. The van der Waals surface area contributed by atoms with Crippen LogP contribution in [0.5, 0.6) is 0 Å². The summed E-state index contributed by atoms with van der Waals surface area (Å²) in [5, 5.41) is 8.59. The smallest absolute Gasteiger partial charge is 0.116 e. The van der Waals surface area contributed by atoms with Gasteiger partial charge in [0, 0.05) is 24.0 Å². The molecule has 0 atom stereocenters. The van der Waals surface area contributed by atoms with Gasteiger partial charge in [-0.1, -0.05) is 6.07 Å². The first kappa shape index (κ1) is 11.0. The minimum atomic E-state index is 0.945. The van der Waals surface area contributed by atoms with E-state index in [0.29, 0.717) is 0 Å². The van der Waals surface area contributed by atoms with Crippen molar-refractivity contribution < 1.29 is 0 Å². The molecule has 96 valence electrons. The van der Waals surface area contributed by atoms with E-state index in [2.05, 4.69) is 38.4 Å². The summed E-state index contributed by atoms with van der Waals surface area (Å²) in [5.74, 6) is 0. The number of benzene rings is 1. The van der Waals surface area contributed by atoms with Gasteiger partial charge in [0.15, 0.2) is 0 Å². The van der Waals surface area contributed by atoms with E-state index < -0.39 is 0 Å². The van der Waals surface area contributed by atoms with Crippen LogP contribution in [0.15, 0.2) is 61.1 Å². The topological polar surface area (TPSA) is 57.4 Å². The van der Waals surface area contributed by atoms with E-state index in [1.165, 1.54) is 0 Å². The Balaban J connectivity index is 1.92. The third kappa shape index (κ3) is 1.70. The van der Waals surface area contributed by atoms with Gasteiger partial charge in [0.2, 0.25) is 0 Å². The maximum atomic E-state index is 4.40. The van der Waals surface area contributed by atoms with Gasteiger partial charge in [0.1, 0.15) is 5.69 Å². The zero-order valence-electron chi connectivity index (χ0n) is 10.7. The van der Waals surface area contributed by atoms with Crippen molar-refractivity contribution >= 4 is 10.9 Å². The molecule has 1 aromatic carbocycles.